The number of rotatable bonds is 5. The van der Waals surface area contributed by atoms with Crippen LogP contribution in [0, 0.1) is 6.92 Å². The lowest BCUT2D eigenvalue weighted by Crippen LogP contribution is -2.26. The Hall–Kier alpha value is -3.02. The van der Waals surface area contributed by atoms with Gasteiger partial charge in [-0.3, -0.25) is 4.90 Å². The second-order valence-corrected chi connectivity index (χ2v) is 5.59. The number of carbonyl (C=O) groups excluding carboxylic acids is 1. The van der Waals surface area contributed by atoms with Gasteiger partial charge in [-0.15, -0.1) is 0 Å². The molecule has 2 aromatic carbocycles. The lowest BCUT2D eigenvalue weighted by atomic mass is 10.2. The molecule has 1 fully saturated rings. The average Bonchev–Trinajstić information content (AvgIpc) is 2.95. The van der Waals surface area contributed by atoms with Gasteiger partial charge in [0, 0.05) is 5.69 Å². The molecule has 0 saturated carbocycles. The van der Waals surface area contributed by atoms with Crippen molar-refractivity contribution in [3.05, 3.63) is 59.7 Å². The minimum Gasteiger partial charge on any atom is -0.490 e. The normalized spacial score (nSPS) is 16.8. The summed E-state index contributed by atoms with van der Waals surface area (Å²) in [5.74, 6) is -0.454. The number of cyclic esters (lactones) is 1. The number of ether oxygens (including phenoxy) is 2. The maximum Gasteiger partial charge on any atom is 0.414 e. The van der Waals surface area contributed by atoms with Crippen molar-refractivity contribution in [2.45, 2.75) is 13.0 Å². The van der Waals surface area contributed by atoms with Crippen LogP contribution in [0.1, 0.15) is 15.9 Å². The van der Waals surface area contributed by atoms with E-state index >= 15 is 0 Å². The van der Waals surface area contributed by atoms with Crippen LogP contribution in [0.15, 0.2) is 48.5 Å². The van der Waals surface area contributed by atoms with Crippen LogP contribution in [-0.4, -0.2) is 36.4 Å². The fourth-order valence-corrected chi connectivity index (χ4v) is 2.43. The Morgan fingerprint density at radius 2 is 1.88 bits per heavy atom. The third kappa shape index (κ3) is 3.48. The number of aryl methyl sites for hydroxylation is 1. The standard InChI is InChI=1S/C18H17NO5/c1-12-2-6-14(7-3-12)19-10-16(24-18(19)22)11-23-15-8-4-13(5-9-15)17(20)21/h2-9,16H,10-11H2,1H3,(H,20,21). The molecule has 6 heteroatoms. The second-order valence-electron chi connectivity index (χ2n) is 5.59. The van der Waals surface area contributed by atoms with E-state index in [9.17, 15) is 9.59 Å². The van der Waals surface area contributed by atoms with Crippen LogP contribution in [0.5, 0.6) is 5.75 Å². The van der Waals surface area contributed by atoms with Crippen LogP contribution in [0.2, 0.25) is 0 Å². The van der Waals surface area contributed by atoms with Crippen LogP contribution in [0.3, 0.4) is 0 Å². The van der Waals surface area contributed by atoms with Crippen LogP contribution in [-0.2, 0) is 4.74 Å². The zero-order valence-corrected chi connectivity index (χ0v) is 13.1. The summed E-state index contributed by atoms with van der Waals surface area (Å²) >= 11 is 0. The van der Waals surface area contributed by atoms with Crippen molar-refractivity contribution in [3.63, 3.8) is 0 Å². The van der Waals surface area contributed by atoms with Crippen molar-refractivity contribution in [1.82, 2.24) is 0 Å². The monoisotopic (exact) mass is 327 g/mol. The molecule has 0 aromatic heterocycles. The number of nitrogens with zero attached hydrogens (tertiary/aromatic N) is 1. The molecule has 0 aliphatic carbocycles. The van der Waals surface area contributed by atoms with Gasteiger partial charge >= 0.3 is 12.1 Å². The van der Waals surface area contributed by atoms with E-state index in [-0.39, 0.29) is 18.3 Å². The lowest BCUT2D eigenvalue weighted by Gasteiger charge is -2.13. The Balaban J connectivity index is 1.58. The van der Waals surface area contributed by atoms with Crippen molar-refractivity contribution in [2.75, 3.05) is 18.1 Å². The van der Waals surface area contributed by atoms with Crippen molar-refractivity contribution in [3.8, 4) is 5.75 Å². The van der Waals surface area contributed by atoms with Crippen molar-refractivity contribution >= 4 is 17.7 Å². The van der Waals surface area contributed by atoms with Gasteiger partial charge in [-0.1, -0.05) is 17.7 Å². The van der Waals surface area contributed by atoms with E-state index in [1.807, 2.05) is 31.2 Å². The van der Waals surface area contributed by atoms with E-state index in [4.69, 9.17) is 14.6 Å². The summed E-state index contributed by atoms with van der Waals surface area (Å²) in [5.41, 5.74) is 2.11. The minimum atomic E-state index is -0.986. The summed E-state index contributed by atoms with van der Waals surface area (Å²) < 4.78 is 10.9. The van der Waals surface area contributed by atoms with Crippen LogP contribution in [0.25, 0.3) is 0 Å². The van der Waals surface area contributed by atoms with E-state index in [0.29, 0.717) is 12.3 Å². The number of amides is 1. The number of carboxylic acid groups (broad SMARTS) is 1. The van der Waals surface area contributed by atoms with Crippen molar-refractivity contribution < 1.29 is 24.2 Å². The molecule has 6 nitrogen and oxygen atoms in total. The highest BCUT2D eigenvalue weighted by Crippen LogP contribution is 2.22. The summed E-state index contributed by atoms with van der Waals surface area (Å²) in [5, 5.41) is 8.86. The average molecular weight is 327 g/mol. The van der Waals surface area contributed by atoms with E-state index in [0.717, 1.165) is 11.3 Å². The van der Waals surface area contributed by atoms with Gasteiger partial charge in [0.1, 0.15) is 12.4 Å². The number of aromatic carboxylic acids is 1. The van der Waals surface area contributed by atoms with E-state index < -0.39 is 12.1 Å². The molecule has 0 spiro atoms. The molecule has 1 amide bonds. The molecule has 1 atom stereocenters. The summed E-state index contributed by atoms with van der Waals surface area (Å²) in [6.07, 6.45) is -0.772. The summed E-state index contributed by atoms with van der Waals surface area (Å²) in [6.45, 7) is 2.61. The Labute approximate surface area is 139 Å². The summed E-state index contributed by atoms with van der Waals surface area (Å²) in [6, 6.07) is 13.7. The van der Waals surface area contributed by atoms with E-state index in [2.05, 4.69) is 0 Å². The molecule has 1 aliphatic rings. The first-order valence-electron chi connectivity index (χ1n) is 7.54. The van der Waals surface area contributed by atoms with Gasteiger partial charge in [0.2, 0.25) is 0 Å². The molecular weight excluding hydrogens is 310 g/mol. The first kappa shape index (κ1) is 15.9. The topological polar surface area (TPSA) is 76.1 Å². The van der Waals surface area contributed by atoms with Crippen LogP contribution >= 0.6 is 0 Å². The third-order valence-corrected chi connectivity index (χ3v) is 3.76. The molecule has 1 aliphatic heterocycles. The van der Waals surface area contributed by atoms with E-state index in [1.54, 1.807) is 17.0 Å². The van der Waals surface area contributed by atoms with Gasteiger partial charge in [0.25, 0.3) is 0 Å². The van der Waals surface area contributed by atoms with Crippen molar-refractivity contribution in [2.24, 2.45) is 0 Å². The molecule has 1 saturated heterocycles. The smallest absolute Gasteiger partial charge is 0.414 e. The number of anilines is 1. The highest BCUT2D eigenvalue weighted by Gasteiger charge is 2.32. The fraction of sp³-hybridized carbons (Fsp3) is 0.222. The SMILES string of the molecule is Cc1ccc(N2CC(COc3ccc(C(=O)O)cc3)OC2=O)cc1. The minimum absolute atomic E-state index is 0.195. The van der Waals surface area contributed by atoms with Crippen LogP contribution < -0.4 is 9.64 Å². The molecule has 0 bridgehead atoms. The highest BCUT2D eigenvalue weighted by atomic mass is 16.6. The van der Waals surface area contributed by atoms with Gasteiger partial charge in [-0.25, -0.2) is 9.59 Å². The Bertz CT molecular complexity index is 739. The third-order valence-electron chi connectivity index (χ3n) is 3.76. The molecule has 124 valence electrons. The zero-order chi connectivity index (χ0) is 17.1. The van der Waals surface area contributed by atoms with Crippen LogP contribution in [0.4, 0.5) is 10.5 Å². The Morgan fingerprint density at radius 1 is 1.21 bits per heavy atom. The maximum absolute atomic E-state index is 12.0. The summed E-state index contributed by atoms with van der Waals surface area (Å²) in [4.78, 5) is 24.4. The number of hydrogen-bond acceptors (Lipinski definition) is 4. The molecular formula is C18H17NO5. The largest absolute Gasteiger partial charge is 0.490 e. The van der Waals surface area contributed by atoms with Gasteiger partial charge in [0.15, 0.2) is 6.10 Å². The molecule has 0 radical (unpaired) electrons. The van der Waals surface area contributed by atoms with Crippen molar-refractivity contribution in [1.29, 1.82) is 0 Å². The predicted octanol–water partition coefficient (Wildman–Crippen LogP) is 3.10. The molecule has 1 unspecified atom stereocenters. The van der Waals surface area contributed by atoms with Gasteiger partial charge < -0.3 is 14.6 Å². The number of benzene rings is 2. The first-order chi connectivity index (χ1) is 11.5. The van der Waals surface area contributed by atoms with Gasteiger partial charge in [0.05, 0.1) is 12.1 Å². The molecule has 3 rings (SSSR count). The molecule has 1 heterocycles. The molecule has 1 N–H and O–H groups in total. The summed E-state index contributed by atoms with van der Waals surface area (Å²) in [7, 11) is 0. The Kier molecular flexibility index (Phi) is 4.37. The number of carboxylic acids is 1. The zero-order valence-electron chi connectivity index (χ0n) is 13.1. The van der Waals surface area contributed by atoms with Gasteiger partial charge in [-0.2, -0.15) is 0 Å². The fourth-order valence-electron chi connectivity index (χ4n) is 2.43. The predicted molar refractivity (Wildman–Crippen MR) is 87.7 cm³/mol. The molecule has 24 heavy (non-hydrogen) atoms. The molecule has 2 aromatic rings. The number of hydrogen-bond donors (Lipinski definition) is 1. The first-order valence-corrected chi connectivity index (χ1v) is 7.54. The van der Waals surface area contributed by atoms with Gasteiger partial charge in [-0.05, 0) is 43.3 Å². The maximum atomic E-state index is 12.0. The quantitative estimate of drug-likeness (QED) is 0.913. The lowest BCUT2D eigenvalue weighted by molar-refractivity contribution is 0.0696. The highest BCUT2D eigenvalue weighted by molar-refractivity contribution is 5.89. The second kappa shape index (κ2) is 6.62. The van der Waals surface area contributed by atoms with E-state index in [1.165, 1.54) is 12.1 Å². The number of carbonyl (C=O) groups is 2. The Morgan fingerprint density at radius 3 is 2.50 bits per heavy atom.